The number of carbonyl (C=O) groups is 1. The van der Waals surface area contributed by atoms with E-state index in [1.165, 1.54) is 38.5 Å². The van der Waals surface area contributed by atoms with Crippen molar-refractivity contribution in [1.82, 2.24) is 10.2 Å². The second kappa shape index (κ2) is 4.36. The molecule has 0 saturated carbocycles. The highest BCUT2D eigenvalue weighted by Gasteiger charge is 2.34. The molecule has 2 unspecified atom stereocenters. The first-order valence-electron chi connectivity index (χ1n) is 6.85. The summed E-state index contributed by atoms with van der Waals surface area (Å²) >= 11 is 0. The van der Waals surface area contributed by atoms with Crippen LogP contribution in [0.4, 0.5) is 0 Å². The van der Waals surface area contributed by atoms with Gasteiger partial charge in [0.15, 0.2) is 0 Å². The Bertz CT molecular complexity index is 261. The van der Waals surface area contributed by atoms with E-state index in [4.69, 9.17) is 0 Å². The average molecular weight is 222 g/mol. The molecule has 3 aliphatic rings. The van der Waals surface area contributed by atoms with Gasteiger partial charge in [-0.3, -0.25) is 4.79 Å². The Labute approximate surface area is 97.6 Å². The van der Waals surface area contributed by atoms with E-state index in [-0.39, 0.29) is 0 Å². The SMILES string of the molecule is O=C(CC1CC2CCC(C1)N2)N1CCCC1. The fourth-order valence-electron chi connectivity index (χ4n) is 3.68. The van der Waals surface area contributed by atoms with Crippen LogP contribution in [0.5, 0.6) is 0 Å². The molecule has 0 aliphatic carbocycles. The second-order valence-electron chi connectivity index (χ2n) is 5.77. The lowest BCUT2D eigenvalue weighted by atomic mass is 9.89. The Kier molecular flexibility index (Phi) is 2.88. The Morgan fingerprint density at radius 2 is 1.75 bits per heavy atom. The van der Waals surface area contributed by atoms with E-state index in [0.717, 1.165) is 31.6 Å². The normalized spacial score (nSPS) is 38.0. The van der Waals surface area contributed by atoms with Gasteiger partial charge >= 0.3 is 0 Å². The predicted molar refractivity (Wildman–Crippen MR) is 63.1 cm³/mol. The van der Waals surface area contributed by atoms with Crippen LogP contribution in [-0.4, -0.2) is 36.0 Å². The van der Waals surface area contributed by atoms with Gasteiger partial charge in [-0.25, -0.2) is 0 Å². The molecule has 0 aromatic rings. The molecule has 1 N–H and O–H groups in total. The smallest absolute Gasteiger partial charge is 0.222 e. The second-order valence-corrected chi connectivity index (χ2v) is 5.77. The number of nitrogens with zero attached hydrogens (tertiary/aromatic N) is 1. The molecule has 0 radical (unpaired) electrons. The molecular formula is C13H22N2O. The average Bonchev–Trinajstić information content (AvgIpc) is 2.88. The summed E-state index contributed by atoms with van der Waals surface area (Å²) in [7, 11) is 0. The minimum absolute atomic E-state index is 0.420. The Hall–Kier alpha value is -0.570. The number of carbonyl (C=O) groups excluding carboxylic acids is 1. The summed E-state index contributed by atoms with van der Waals surface area (Å²) in [5, 5.41) is 3.64. The third-order valence-corrected chi connectivity index (χ3v) is 4.49. The quantitative estimate of drug-likeness (QED) is 0.768. The highest BCUT2D eigenvalue weighted by Crippen LogP contribution is 2.33. The minimum Gasteiger partial charge on any atom is -0.343 e. The summed E-state index contributed by atoms with van der Waals surface area (Å²) < 4.78 is 0. The summed E-state index contributed by atoms with van der Waals surface area (Å²) in [6, 6.07) is 1.44. The molecule has 3 nitrogen and oxygen atoms in total. The Morgan fingerprint density at radius 3 is 2.38 bits per heavy atom. The number of hydrogen-bond acceptors (Lipinski definition) is 2. The molecule has 1 amide bonds. The van der Waals surface area contributed by atoms with Crippen molar-refractivity contribution in [2.45, 2.75) is 57.0 Å². The first kappa shape index (κ1) is 10.6. The van der Waals surface area contributed by atoms with E-state index in [9.17, 15) is 4.79 Å². The number of hydrogen-bond donors (Lipinski definition) is 1. The highest BCUT2D eigenvalue weighted by molar-refractivity contribution is 5.76. The monoisotopic (exact) mass is 222 g/mol. The number of nitrogens with one attached hydrogen (secondary N) is 1. The van der Waals surface area contributed by atoms with Gasteiger partial charge < -0.3 is 10.2 Å². The van der Waals surface area contributed by atoms with Crippen LogP contribution < -0.4 is 5.32 Å². The fraction of sp³-hybridized carbons (Fsp3) is 0.923. The lowest BCUT2D eigenvalue weighted by molar-refractivity contribution is -0.131. The molecule has 2 atom stereocenters. The zero-order valence-electron chi connectivity index (χ0n) is 9.95. The maximum Gasteiger partial charge on any atom is 0.222 e. The van der Waals surface area contributed by atoms with Gasteiger partial charge in [0.1, 0.15) is 0 Å². The van der Waals surface area contributed by atoms with E-state index in [1.54, 1.807) is 0 Å². The van der Waals surface area contributed by atoms with Gasteiger partial charge in [0.25, 0.3) is 0 Å². The van der Waals surface area contributed by atoms with E-state index in [1.807, 2.05) is 0 Å². The van der Waals surface area contributed by atoms with Gasteiger partial charge in [-0.1, -0.05) is 0 Å². The third-order valence-electron chi connectivity index (χ3n) is 4.49. The number of rotatable bonds is 2. The lowest BCUT2D eigenvalue weighted by Crippen LogP contribution is -2.40. The number of amides is 1. The molecule has 2 bridgehead atoms. The molecule has 3 heteroatoms. The largest absolute Gasteiger partial charge is 0.343 e. The summed E-state index contributed by atoms with van der Waals surface area (Å²) in [5.74, 6) is 1.08. The fourth-order valence-corrected chi connectivity index (χ4v) is 3.68. The summed E-state index contributed by atoms with van der Waals surface area (Å²) in [6.45, 7) is 2.02. The first-order chi connectivity index (χ1) is 7.81. The van der Waals surface area contributed by atoms with Crippen molar-refractivity contribution in [1.29, 1.82) is 0 Å². The molecule has 0 spiro atoms. The maximum absolute atomic E-state index is 12.1. The van der Waals surface area contributed by atoms with Crippen molar-refractivity contribution in [3.8, 4) is 0 Å². The van der Waals surface area contributed by atoms with Crippen molar-refractivity contribution < 1.29 is 4.79 Å². The van der Waals surface area contributed by atoms with Crippen molar-refractivity contribution >= 4 is 5.91 Å². The maximum atomic E-state index is 12.1. The van der Waals surface area contributed by atoms with Crippen molar-refractivity contribution in [2.75, 3.05) is 13.1 Å². The van der Waals surface area contributed by atoms with Crippen molar-refractivity contribution in [3.05, 3.63) is 0 Å². The molecular weight excluding hydrogens is 200 g/mol. The van der Waals surface area contributed by atoms with Crippen molar-refractivity contribution in [3.63, 3.8) is 0 Å². The predicted octanol–water partition coefficient (Wildman–Crippen LogP) is 1.53. The van der Waals surface area contributed by atoms with E-state index in [0.29, 0.717) is 11.8 Å². The van der Waals surface area contributed by atoms with Gasteiger partial charge in [-0.15, -0.1) is 0 Å². The molecule has 3 rings (SSSR count). The minimum atomic E-state index is 0.420. The molecule has 0 aromatic carbocycles. The summed E-state index contributed by atoms with van der Waals surface area (Å²) in [5.41, 5.74) is 0. The van der Waals surface area contributed by atoms with Crippen LogP contribution in [0.15, 0.2) is 0 Å². The molecule has 0 aromatic heterocycles. The third kappa shape index (κ3) is 2.10. The van der Waals surface area contributed by atoms with Gasteiger partial charge in [0.2, 0.25) is 5.91 Å². The van der Waals surface area contributed by atoms with Gasteiger partial charge in [-0.2, -0.15) is 0 Å². The number of fused-ring (bicyclic) bond motifs is 2. The lowest BCUT2D eigenvalue weighted by Gasteiger charge is -2.29. The van der Waals surface area contributed by atoms with Crippen molar-refractivity contribution in [2.24, 2.45) is 5.92 Å². The number of piperidine rings is 1. The molecule has 90 valence electrons. The topological polar surface area (TPSA) is 32.3 Å². The van der Waals surface area contributed by atoms with Crippen LogP contribution in [0.25, 0.3) is 0 Å². The molecule has 3 heterocycles. The van der Waals surface area contributed by atoms with Gasteiger partial charge in [-0.05, 0) is 44.4 Å². The molecule has 16 heavy (non-hydrogen) atoms. The van der Waals surface area contributed by atoms with Crippen LogP contribution in [-0.2, 0) is 4.79 Å². The van der Waals surface area contributed by atoms with E-state index >= 15 is 0 Å². The highest BCUT2D eigenvalue weighted by atomic mass is 16.2. The first-order valence-corrected chi connectivity index (χ1v) is 6.85. The zero-order chi connectivity index (χ0) is 11.0. The number of likely N-dealkylation sites (tertiary alicyclic amines) is 1. The van der Waals surface area contributed by atoms with Crippen LogP contribution in [0.3, 0.4) is 0 Å². The summed E-state index contributed by atoms with van der Waals surface area (Å²) in [6.07, 6.45) is 8.37. The van der Waals surface area contributed by atoms with Crippen LogP contribution in [0.2, 0.25) is 0 Å². The van der Waals surface area contributed by atoms with Gasteiger partial charge in [0.05, 0.1) is 0 Å². The molecule has 3 saturated heterocycles. The summed E-state index contributed by atoms with van der Waals surface area (Å²) in [4.78, 5) is 14.1. The van der Waals surface area contributed by atoms with E-state index in [2.05, 4.69) is 10.2 Å². The molecule has 3 fully saturated rings. The van der Waals surface area contributed by atoms with E-state index < -0.39 is 0 Å². The zero-order valence-corrected chi connectivity index (χ0v) is 9.95. The van der Waals surface area contributed by atoms with Crippen LogP contribution >= 0.6 is 0 Å². The van der Waals surface area contributed by atoms with Crippen LogP contribution in [0.1, 0.15) is 44.9 Å². The Morgan fingerprint density at radius 1 is 1.12 bits per heavy atom. The standard InChI is InChI=1S/C13H22N2O/c16-13(15-5-1-2-6-15)9-10-7-11-3-4-12(8-10)14-11/h10-12,14H,1-9H2. The van der Waals surface area contributed by atoms with Gasteiger partial charge in [0, 0.05) is 31.6 Å². The van der Waals surface area contributed by atoms with Crippen LogP contribution in [0, 0.1) is 5.92 Å². The molecule has 3 aliphatic heterocycles. The Balaban J connectivity index is 1.52.